The van der Waals surface area contributed by atoms with Crippen LogP contribution in [0.25, 0.3) is 11.1 Å². The van der Waals surface area contributed by atoms with Gasteiger partial charge in [-0.2, -0.15) is 0 Å². The van der Waals surface area contributed by atoms with Crippen LogP contribution in [0.2, 0.25) is 5.02 Å². The zero-order valence-corrected chi connectivity index (χ0v) is 15.7. The number of hydrogen-bond donors (Lipinski definition) is 2. The molecule has 4 N–H and O–H groups in total. The highest BCUT2D eigenvalue weighted by Gasteiger charge is 2.01. The van der Waals surface area contributed by atoms with Gasteiger partial charge in [0, 0.05) is 20.0 Å². The molecule has 0 aliphatic carbocycles. The number of aryl methyl sites for hydroxylation is 1. The van der Waals surface area contributed by atoms with Crippen molar-refractivity contribution in [3.05, 3.63) is 80.9 Å². The van der Waals surface area contributed by atoms with Crippen molar-refractivity contribution in [3.8, 4) is 11.1 Å². The average molecular weight is 437 g/mol. The Morgan fingerprint density at radius 2 is 1.30 bits per heavy atom. The Kier molecular flexibility index (Phi) is 6.30. The fourth-order valence-corrected chi connectivity index (χ4v) is 2.66. The first-order chi connectivity index (χ1) is 11.0. The molecular formula is C19H18ClIN2. The van der Waals surface area contributed by atoms with E-state index in [1.54, 1.807) is 0 Å². The van der Waals surface area contributed by atoms with Crippen LogP contribution in [0.1, 0.15) is 5.56 Å². The van der Waals surface area contributed by atoms with Gasteiger partial charge in [0.25, 0.3) is 0 Å². The molecule has 0 spiro atoms. The Labute approximate surface area is 155 Å². The first-order valence-electron chi connectivity index (χ1n) is 7.09. The summed E-state index contributed by atoms with van der Waals surface area (Å²) < 4.78 is 1.22. The second-order valence-corrected chi connectivity index (χ2v) is 6.81. The van der Waals surface area contributed by atoms with Crippen LogP contribution in [0.4, 0.5) is 11.4 Å². The maximum atomic E-state index is 5.91. The van der Waals surface area contributed by atoms with Crippen LogP contribution in [0.5, 0.6) is 0 Å². The smallest absolute Gasteiger partial charge is 0.0409 e. The van der Waals surface area contributed by atoms with Crippen LogP contribution >= 0.6 is 34.2 Å². The minimum Gasteiger partial charge on any atom is -0.399 e. The molecule has 0 saturated heterocycles. The summed E-state index contributed by atoms with van der Waals surface area (Å²) in [6.45, 7) is 2.05. The van der Waals surface area contributed by atoms with Crippen molar-refractivity contribution in [3.63, 3.8) is 0 Å². The Hall–Kier alpha value is -1.72. The minimum atomic E-state index is 0.770. The molecule has 23 heavy (non-hydrogen) atoms. The summed E-state index contributed by atoms with van der Waals surface area (Å²) in [5.41, 5.74) is 16.2. The zero-order valence-electron chi connectivity index (χ0n) is 12.8. The lowest BCUT2D eigenvalue weighted by Gasteiger charge is -2.06. The Balaban J connectivity index is 0.000000203. The first kappa shape index (κ1) is 17.6. The molecule has 4 heteroatoms. The average Bonchev–Trinajstić information content (AvgIpc) is 2.52. The van der Waals surface area contributed by atoms with Crippen molar-refractivity contribution >= 4 is 45.6 Å². The van der Waals surface area contributed by atoms with E-state index in [1.165, 1.54) is 20.3 Å². The number of nitrogen functional groups attached to an aromatic ring is 2. The molecule has 0 fully saturated rings. The molecule has 0 saturated carbocycles. The Morgan fingerprint density at radius 3 is 1.78 bits per heavy atom. The van der Waals surface area contributed by atoms with Crippen LogP contribution < -0.4 is 11.5 Å². The van der Waals surface area contributed by atoms with Crippen molar-refractivity contribution in [1.29, 1.82) is 0 Å². The number of anilines is 2. The lowest BCUT2D eigenvalue weighted by Crippen LogP contribution is -1.86. The summed E-state index contributed by atoms with van der Waals surface area (Å²) in [6.07, 6.45) is 0. The molecular weight excluding hydrogens is 419 g/mol. The molecule has 0 aliphatic rings. The van der Waals surface area contributed by atoms with E-state index in [2.05, 4.69) is 29.5 Å². The van der Waals surface area contributed by atoms with Gasteiger partial charge >= 0.3 is 0 Å². The summed E-state index contributed by atoms with van der Waals surface area (Å²) >= 11 is 8.15. The largest absolute Gasteiger partial charge is 0.399 e. The molecule has 0 aromatic heterocycles. The van der Waals surface area contributed by atoms with Gasteiger partial charge in [0.05, 0.1) is 0 Å². The zero-order chi connectivity index (χ0) is 16.8. The van der Waals surface area contributed by atoms with E-state index in [9.17, 15) is 0 Å². The van der Waals surface area contributed by atoms with Crippen LogP contribution in [0.15, 0.2) is 66.7 Å². The van der Waals surface area contributed by atoms with E-state index >= 15 is 0 Å². The van der Waals surface area contributed by atoms with E-state index in [-0.39, 0.29) is 0 Å². The van der Waals surface area contributed by atoms with Gasteiger partial charge in [0.2, 0.25) is 0 Å². The molecule has 0 heterocycles. The van der Waals surface area contributed by atoms with Gasteiger partial charge in [0.1, 0.15) is 0 Å². The van der Waals surface area contributed by atoms with Gasteiger partial charge in [-0.25, -0.2) is 0 Å². The third-order valence-electron chi connectivity index (χ3n) is 3.28. The molecule has 0 radical (unpaired) electrons. The summed E-state index contributed by atoms with van der Waals surface area (Å²) in [5, 5.41) is 0.770. The van der Waals surface area contributed by atoms with Crippen LogP contribution in [-0.2, 0) is 0 Å². The molecule has 3 aromatic carbocycles. The highest BCUT2D eigenvalue weighted by atomic mass is 127. The fourth-order valence-electron chi connectivity index (χ4n) is 2.08. The normalized spacial score (nSPS) is 9.87. The highest BCUT2D eigenvalue weighted by Crippen LogP contribution is 2.26. The van der Waals surface area contributed by atoms with E-state index in [0.29, 0.717) is 0 Å². The van der Waals surface area contributed by atoms with Gasteiger partial charge in [-0.3, -0.25) is 0 Å². The molecule has 2 nitrogen and oxygen atoms in total. The quantitative estimate of drug-likeness (QED) is 0.376. The van der Waals surface area contributed by atoms with Crippen molar-refractivity contribution in [2.24, 2.45) is 0 Å². The number of hydrogen-bond acceptors (Lipinski definition) is 2. The van der Waals surface area contributed by atoms with Crippen molar-refractivity contribution in [1.82, 2.24) is 0 Å². The SMILES string of the molecule is Cc1cc(Cl)ccc1-c1ccc(N)cc1.Nc1ccc(I)cc1. The van der Waals surface area contributed by atoms with Gasteiger partial charge in [-0.1, -0.05) is 29.8 Å². The third kappa shape index (κ3) is 5.44. The summed E-state index contributed by atoms with van der Waals surface area (Å²) in [7, 11) is 0. The lowest BCUT2D eigenvalue weighted by molar-refractivity contribution is 1.46. The molecule has 0 bridgehead atoms. The predicted molar refractivity (Wildman–Crippen MR) is 110 cm³/mol. The lowest BCUT2D eigenvalue weighted by atomic mass is 10.0. The maximum Gasteiger partial charge on any atom is 0.0409 e. The Morgan fingerprint density at radius 1 is 0.783 bits per heavy atom. The molecule has 0 atom stereocenters. The van der Waals surface area contributed by atoms with E-state index in [1.807, 2.05) is 66.7 Å². The van der Waals surface area contributed by atoms with Crippen LogP contribution in [0, 0.1) is 10.5 Å². The molecule has 0 unspecified atom stereocenters. The van der Waals surface area contributed by atoms with Gasteiger partial charge in [-0.15, -0.1) is 0 Å². The highest BCUT2D eigenvalue weighted by molar-refractivity contribution is 14.1. The van der Waals surface area contributed by atoms with E-state index < -0.39 is 0 Å². The molecule has 3 aromatic rings. The van der Waals surface area contributed by atoms with E-state index in [4.69, 9.17) is 23.1 Å². The molecule has 3 rings (SSSR count). The molecule has 0 amide bonds. The third-order valence-corrected chi connectivity index (χ3v) is 4.23. The van der Waals surface area contributed by atoms with Gasteiger partial charge < -0.3 is 11.5 Å². The predicted octanol–water partition coefficient (Wildman–Crippen LogP) is 5.77. The number of benzene rings is 3. The van der Waals surface area contributed by atoms with Crippen LogP contribution in [-0.4, -0.2) is 0 Å². The van der Waals surface area contributed by atoms with Crippen molar-refractivity contribution < 1.29 is 0 Å². The maximum absolute atomic E-state index is 5.91. The first-order valence-corrected chi connectivity index (χ1v) is 8.54. The monoisotopic (exact) mass is 436 g/mol. The van der Waals surface area contributed by atoms with Crippen molar-refractivity contribution in [2.75, 3.05) is 11.5 Å². The number of halogens is 2. The standard InChI is InChI=1S/C13H12ClN.C6H6IN/c1-9-8-11(14)4-7-13(9)10-2-5-12(15)6-3-10;7-5-1-3-6(8)4-2-5/h2-8H,15H2,1H3;1-4H,8H2. The minimum absolute atomic E-state index is 0.770. The summed E-state index contributed by atoms with van der Waals surface area (Å²) in [5.74, 6) is 0. The Bertz CT molecular complexity index is 747. The topological polar surface area (TPSA) is 52.0 Å². The summed E-state index contributed by atoms with van der Waals surface area (Å²) in [6, 6.07) is 21.5. The second kappa shape index (κ2) is 8.22. The fraction of sp³-hybridized carbons (Fsp3) is 0.0526. The van der Waals surface area contributed by atoms with Gasteiger partial charge in [-0.05, 0) is 94.7 Å². The summed E-state index contributed by atoms with van der Waals surface area (Å²) in [4.78, 5) is 0. The molecule has 118 valence electrons. The number of nitrogens with two attached hydrogens (primary N) is 2. The second-order valence-electron chi connectivity index (χ2n) is 5.13. The number of rotatable bonds is 1. The van der Waals surface area contributed by atoms with Crippen LogP contribution in [0.3, 0.4) is 0 Å². The van der Waals surface area contributed by atoms with Gasteiger partial charge in [0.15, 0.2) is 0 Å². The molecule has 0 aliphatic heterocycles. The van der Waals surface area contributed by atoms with Crippen molar-refractivity contribution in [2.45, 2.75) is 6.92 Å². The van der Waals surface area contributed by atoms with E-state index in [0.717, 1.165) is 16.4 Å².